The molecule has 0 spiro atoms. The van der Waals surface area contributed by atoms with Crippen molar-refractivity contribution in [3.8, 4) is 5.75 Å². The van der Waals surface area contributed by atoms with Gasteiger partial charge in [-0.1, -0.05) is 37.3 Å². The number of para-hydroxylation sites is 1. The molecule has 2 nitrogen and oxygen atoms in total. The molecule has 0 bridgehead atoms. The van der Waals surface area contributed by atoms with E-state index in [4.69, 9.17) is 4.74 Å². The maximum Gasteiger partial charge on any atom is 0.118 e. The van der Waals surface area contributed by atoms with Crippen molar-refractivity contribution in [2.24, 2.45) is 0 Å². The molecular weight excluding hydrogens is 258 g/mol. The van der Waals surface area contributed by atoms with E-state index in [2.05, 4.69) is 74.6 Å². The Hall–Kier alpha value is -1.96. The number of anilines is 1. The smallest absolute Gasteiger partial charge is 0.118 e. The number of nitrogens with one attached hydrogen (secondary N) is 1. The van der Waals surface area contributed by atoms with Gasteiger partial charge < -0.3 is 10.1 Å². The number of hydrogen-bond donors (Lipinski definition) is 1. The molecule has 0 fully saturated rings. The third-order valence-electron chi connectivity index (χ3n) is 4.52. The predicted octanol–water partition coefficient (Wildman–Crippen LogP) is 4.60. The quantitative estimate of drug-likeness (QED) is 0.869. The fourth-order valence-corrected chi connectivity index (χ4v) is 3.68. The normalized spacial score (nSPS) is 23.0. The van der Waals surface area contributed by atoms with Crippen molar-refractivity contribution in [3.63, 3.8) is 0 Å². The fraction of sp³-hybridized carbons (Fsp3) is 0.368. The highest BCUT2D eigenvalue weighted by atomic mass is 16.5. The molecule has 2 aromatic carbocycles. The fourth-order valence-electron chi connectivity index (χ4n) is 3.68. The minimum absolute atomic E-state index is 0.0115. The number of methoxy groups -OCH3 is 1. The Balaban J connectivity index is 2.13. The molecule has 0 saturated carbocycles. The van der Waals surface area contributed by atoms with Gasteiger partial charge in [0.2, 0.25) is 0 Å². The maximum absolute atomic E-state index is 5.29. The predicted molar refractivity (Wildman–Crippen MR) is 88.2 cm³/mol. The zero-order valence-corrected chi connectivity index (χ0v) is 13.2. The second-order valence-corrected chi connectivity index (χ2v) is 6.79. The summed E-state index contributed by atoms with van der Waals surface area (Å²) in [7, 11) is 1.71. The standard InChI is InChI=1S/C19H23NO/c1-18(2)13-19(3,14-9-11-15(21-4)12-10-14)16-7-5-6-8-17(16)20-18/h5-12,20H,13H2,1-4H3/t19-/m0/s1. The Kier molecular flexibility index (Phi) is 3.20. The van der Waals surface area contributed by atoms with Crippen LogP contribution in [0, 0.1) is 0 Å². The molecule has 0 unspecified atom stereocenters. The van der Waals surface area contributed by atoms with Crippen LogP contribution in [-0.2, 0) is 5.41 Å². The molecule has 1 N–H and O–H groups in total. The van der Waals surface area contributed by atoms with E-state index < -0.39 is 0 Å². The van der Waals surface area contributed by atoms with E-state index in [1.54, 1.807) is 7.11 Å². The number of ether oxygens (including phenoxy) is 1. The molecule has 0 aliphatic carbocycles. The highest BCUT2D eigenvalue weighted by Crippen LogP contribution is 2.47. The lowest BCUT2D eigenvalue weighted by Crippen LogP contribution is -2.45. The first-order valence-corrected chi connectivity index (χ1v) is 7.47. The lowest BCUT2D eigenvalue weighted by atomic mass is 9.66. The van der Waals surface area contributed by atoms with Crippen LogP contribution in [0.2, 0.25) is 0 Å². The third-order valence-corrected chi connectivity index (χ3v) is 4.52. The Morgan fingerprint density at radius 2 is 1.62 bits per heavy atom. The van der Waals surface area contributed by atoms with Gasteiger partial charge in [-0.15, -0.1) is 0 Å². The first kappa shape index (κ1) is 14.0. The average Bonchev–Trinajstić information content (AvgIpc) is 2.46. The van der Waals surface area contributed by atoms with Gasteiger partial charge in [0.05, 0.1) is 7.11 Å². The van der Waals surface area contributed by atoms with Gasteiger partial charge in [-0.2, -0.15) is 0 Å². The van der Waals surface area contributed by atoms with E-state index in [1.807, 2.05) is 0 Å². The molecule has 0 amide bonds. The zero-order chi connectivity index (χ0) is 15.1. The molecule has 0 radical (unpaired) electrons. The van der Waals surface area contributed by atoms with Gasteiger partial charge in [0.25, 0.3) is 0 Å². The SMILES string of the molecule is COc1ccc([C@]2(C)CC(C)(C)Nc3ccccc32)cc1. The van der Waals surface area contributed by atoms with E-state index in [-0.39, 0.29) is 11.0 Å². The van der Waals surface area contributed by atoms with E-state index in [0.29, 0.717) is 0 Å². The lowest BCUT2D eigenvalue weighted by Gasteiger charge is -2.45. The molecule has 2 heteroatoms. The van der Waals surface area contributed by atoms with Crippen molar-refractivity contribution in [2.45, 2.75) is 38.1 Å². The van der Waals surface area contributed by atoms with Crippen LogP contribution in [0.1, 0.15) is 38.3 Å². The largest absolute Gasteiger partial charge is 0.497 e. The number of benzene rings is 2. The van der Waals surface area contributed by atoms with Crippen molar-refractivity contribution in [2.75, 3.05) is 12.4 Å². The zero-order valence-electron chi connectivity index (χ0n) is 13.2. The van der Waals surface area contributed by atoms with Gasteiger partial charge in [0, 0.05) is 16.6 Å². The van der Waals surface area contributed by atoms with Gasteiger partial charge in [-0.25, -0.2) is 0 Å². The number of fused-ring (bicyclic) bond motifs is 1. The van der Waals surface area contributed by atoms with E-state index in [0.717, 1.165) is 12.2 Å². The summed E-state index contributed by atoms with van der Waals surface area (Å²) in [5.41, 5.74) is 4.03. The van der Waals surface area contributed by atoms with Gasteiger partial charge in [0.1, 0.15) is 5.75 Å². The maximum atomic E-state index is 5.29. The summed E-state index contributed by atoms with van der Waals surface area (Å²) in [5, 5.41) is 3.66. The van der Waals surface area contributed by atoms with Crippen molar-refractivity contribution < 1.29 is 4.74 Å². The summed E-state index contributed by atoms with van der Waals surface area (Å²) >= 11 is 0. The topological polar surface area (TPSA) is 21.3 Å². The van der Waals surface area contributed by atoms with Crippen LogP contribution in [0.5, 0.6) is 5.75 Å². The molecule has 1 atom stereocenters. The van der Waals surface area contributed by atoms with Crippen LogP contribution in [-0.4, -0.2) is 12.6 Å². The third kappa shape index (κ3) is 2.39. The van der Waals surface area contributed by atoms with Crippen molar-refractivity contribution >= 4 is 5.69 Å². The van der Waals surface area contributed by atoms with Crippen LogP contribution in [0.3, 0.4) is 0 Å². The van der Waals surface area contributed by atoms with Crippen LogP contribution in [0.15, 0.2) is 48.5 Å². The molecule has 1 aliphatic heterocycles. The average molecular weight is 281 g/mol. The summed E-state index contributed by atoms with van der Waals surface area (Å²) in [4.78, 5) is 0. The minimum Gasteiger partial charge on any atom is -0.497 e. The molecule has 2 aromatic rings. The molecule has 3 rings (SSSR count). The Labute approximate surface area is 127 Å². The van der Waals surface area contributed by atoms with Crippen LogP contribution in [0.25, 0.3) is 0 Å². The molecule has 1 heterocycles. The summed E-state index contributed by atoms with van der Waals surface area (Å²) in [6, 6.07) is 17.1. The Morgan fingerprint density at radius 1 is 0.952 bits per heavy atom. The molecule has 0 saturated heterocycles. The first-order chi connectivity index (χ1) is 9.94. The van der Waals surface area contributed by atoms with Crippen LogP contribution >= 0.6 is 0 Å². The van der Waals surface area contributed by atoms with Crippen LogP contribution in [0.4, 0.5) is 5.69 Å². The van der Waals surface area contributed by atoms with Gasteiger partial charge in [-0.3, -0.25) is 0 Å². The molecular formula is C19H23NO. The van der Waals surface area contributed by atoms with Crippen LogP contribution < -0.4 is 10.1 Å². The monoisotopic (exact) mass is 281 g/mol. The first-order valence-electron chi connectivity index (χ1n) is 7.47. The summed E-state index contributed by atoms with van der Waals surface area (Å²) in [6.07, 6.45) is 1.06. The van der Waals surface area contributed by atoms with Crippen molar-refractivity contribution in [1.29, 1.82) is 0 Å². The molecule has 110 valence electrons. The summed E-state index contributed by atoms with van der Waals surface area (Å²) < 4.78 is 5.29. The number of hydrogen-bond acceptors (Lipinski definition) is 2. The minimum atomic E-state index is 0.0115. The van der Waals surface area contributed by atoms with Gasteiger partial charge in [0.15, 0.2) is 0 Å². The second-order valence-electron chi connectivity index (χ2n) is 6.79. The molecule has 21 heavy (non-hydrogen) atoms. The van der Waals surface area contributed by atoms with Crippen molar-refractivity contribution in [1.82, 2.24) is 0 Å². The van der Waals surface area contributed by atoms with E-state index in [9.17, 15) is 0 Å². The Bertz CT molecular complexity index is 645. The van der Waals surface area contributed by atoms with Crippen molar-refractivity contribution in [3.05, 3.63) is 59.7 Å². The Morgan fingerprint density at radius 3 is 2.29 bits per heavy atom. The lowest BCUT2D eigenvalue weighted by molar-refractivity contribution is 0.377. The van der Waals surface area contributed by atoms with E-state index in [1.165, 1.54) is 16.8 Å². The molecule has 0 aromatic heterocycles. The van der Waals surface area contributed by atoms with Gasteiger partial charge >= 0.3 is 0 Å². The highest BCUT2D eigenvalue weighted by molar-refractivity contribution is 5.62. The second kappa shape index (κ2) is 4.80. The summed E-state index contributed by atoms with van der Waals surface area (Å²) in [6.45, 7) is 6.88. The number of rotatable bonds is 2. The molecule has 1 aliphatic rings. The van der Waals surface area contributed by atoms with E-state index >= 15 is 0 Å². The summed E-state index contributed by atoms with van der Waals surface area (Å²) in [5.74, 6) is 0.906. The van der Waals surface area contributed by atoms with Gasteiger partial charge in [-0.05, 0) is 49.6 Å². The highest BCUT2D eigenvalue weighted by Gasteiger charge is 2.41.